The summed E-state index contributed by atoms with van der Waals surface area (Å²) >= 11 is 0. The molecular weight excluding hydrogens is 218 g/mol. The Labute approximate surface area is 103 Å². The van der Waals surface area contributed by atoms with Crippen LogP contribution < -0.4 is 5.32 Å². The van der Waals surface area contributed by atoms with Gasteiger partial charge in [0.25, 0.3) is 0 Å². The van der Waals surface area contributed by atoms with E-state index in [1.807, 2.05) is 0 Å². The van der Waals surface area contributed by atoms with E-state index >= 15 is 0 Å². The second-order valence-electron chi connectivity index (χ2n) is 5.31. The molecule has 0 bridgehead atoms. The van der Waals surface area contributed by atoms with Gasteiger partial charge in [-0.3, -0.25) is 4.21 Å². The van der Waals surface area contributed by atoms with Gasteiger partial charge < -0.3 is 5.32 Å². The van der Waals surface area contributed by atoms with E-state index in [0.29, 0.717) is 17.2 Å². The summed E-state index contributed by atoms with van der Waals surface area (Å²) in [5, 5.41) is 3.95. The maximum atomic E-state index is 12.1. The highest BCUT2D eigenvalue weighted by molar-refractivity contribution is 7.85. The molecule has 1 saturated carbocycles. The molecule has 0 spiro atoms. The lowest BCUT2D eigenvalue weighted by molar-refractivity contribution is 0.383. The van der Waals surface area contributed by atoms with Crippen LogP contribution in [0.25, 0.3) is 0 Å². The van der Waals surface area contributed by atoms with Crippen molar-refractivity contribution in [2.75, 3.05) is 12.3 Å². The van der Waals surface area contributed by atoms with Gasteiger partial charge in [-0.25, -0.2) is 0 Å². The minimum Gasteiger partial charge on any atom is -0.314 e. The summed E-state index contributed by atoms with van der Waals surface area (Å²) < 4.78 is 12.1. The predicted molar refractivity (Wildman–Crippen MR) is 72.2 cm³/mol. The van der Waals surface area contributed by atoms with E-state index in [1.165, 1.54) is 19.3 Å². The summed E-state index contributed by atoms with van der Waals surface area (Å²) in [6.45, 7) is 7.61. The van der Waals surface area contributed by atoms with Crippen LogP contribution >= 0.6 is 0 Å². The Balaban J connectivity index is 2.32. The molecule has 0 saturated heterocycles. The molecule has 0 amide bonds. The van der Waals surface area contributed by atoms with Gasteiger partial charge in [-0.2, -0.15) is 0 Å². The van der Waals surface area contributed by atoms with Crippen molar-refractivity contribution in [2.24, 2.45) is 5.92 Å². The van der Waals surface area contributed by atoms with Crippen molar-refractivity contribution in [3.8, 4) is 0 Å². The number of nitrogens with one attached hydrogen (secondary N) is 1. The van der Waals surface area contributed by atoms with Crippen molar-refractivity contribution in [1.82, 2.24) is 5.32 Å². The second-order valence-corrected chi connectivity index (χ2v) is 7.15. The summed E-state index contributed by atoms with van der Waals surface area (Å²) in [6.07, 6.45) is 5.92. The molecule has 0 aromatic rings. The zero-order chi connectivity index (χ0) is 12.0. The van der Waals surface area contributed by atoms with Crippen molar-refractivity contribution >= 4 is 10.8 Å². The van der Waals surface area contributed by atoms with Crippen LogP contribution in [0, 0.1) is 5.92 Å². The maximum absolute atomic E-state index is 12.1. The van der Waals surface area contributed by atoms with Crippen molar-refractivity contribution in [1.29, 1.82) is 0 Å². The monoisotopic (exact) mass is 245 g/mol. The third kappa shape index (κ3) is 4.96. The molecule has 1 fully saturated rings. The highest BCUT2D eigenvalue weighted by Gasteiger charge is 2.25. The fourth-order valence-electron chi connectivity index (χ4n) is 2.38. The van der Waals surface area contributed by atoms with Crippen LogP contribution in [0.4, 0.5) is 0 Å². The Bertz CT molecular complexity index is 216. The second kappa shape index (κ2) is 7.44. The van der Waals surface area contributed by atoms with Crippen LogP contribution in [0.3, 0.4) is 0 Å². The smallest absolute Gasteiger partial charge is 0.0362 e. The molecule has 0 radical (unpaired) electrons. The van der Waals surface area contributed by atoms with Gasteiger partial charge >= 0.3 is 0 Å². The van der Waals surface area contributed by atoms with Gasteiger partial charge in [-0.1, -0.05) is 27.2 Å². The minimum absolute atomic E-state index is 0.455. The molecule has 0 aliphatic heterocycles. The third-order valence-electron chi connectivity index (χ3n) is 3.39. The van der Waals surface area contributed by atoms with E-state index in [2.05, 4.69) is 26.1 Å². The molecule has 2 nitrogen and oxygen atoms in total. The van der Waals surface area contributed by atoms with E-state index in [-0.39, 0.29) is 0 Å². The van der Waals surface area contributed by atoms with Crippen LogP contribution in [0.15, 0.2) is 0 Å². The minimum atomic E-state index is -0.591. The largest absolute Gasteiger partial charge is 0.314 e. The van der Waals surface area contributed by atoms with E-state index in [4.69, 9.17) is 0 Å². The van der Waals surface area contributed by atoms with Crippen LogP contribution in [0.2, 0.25) is 0 Å². The van der Waals surface area contributed by atoms with Gasteiger partial charge in [-0.15, -0.1) is 0 Å². The topological polar surface area (TPSA) is 29.1 Å². The van der Waals surface area contributed by atoms with Crippen LogP contribution in [-0.4, -0.2) is 27.8 Å². The highest BCUT2D eigenvalue weighted by Crippen LogP contribution is 2.23. The standard InChI is InChI=1S/C13H27NOS/c1-4-14-12-6-5-7-13(10-12)16(15)9-8-11(2)3/h11-14H,4-10H2,1-3H3. The fraction of sp³-hybridized carbons (Fsp3) is 1.00. The first-order valence-corrected chi connectivity index (χ1v) is 8.12. The average molecular weight is 245 g/mol. The van der Waals surface area contributed by atoms with E-state index in [0.717, 1.165) is 25.1 Å². The average Bonchev–Trinajstić information content (AvgIpc) is 2.26. The van der Waals surface area contributed by atoms with E-state index in [9.17, 15) is 4.21 Å². The lowest BCUT2D eigenvalue weighted by Gasteiger charge is -2.29. The van der Waals surface area contributed by atoms with Gasteiger partial charge in [-0.05, 0) is 38.1 Å². The Morgan fingerprint density at radius 1 is 1.38 bits per heavy atom. The molecule has 1 aliphatic carbocycles. The van der Waals surface area contributed by atoms with Gasteiger partial charge in [0.05, 0.1) is 0 Å². The van der Waals surface area contributed by atoms with Crippen molar-refractivity contribution in [3.63, 3.8) is 0 Å². The molecule has 0 heterocycles. The maximum Gasteiger partial charge on any atom is 0.0362 e. The summed E-state index contributed by atoms with van der Waals surface area (Å²) in [6, 6.07) is 0.617. The van der Waals surface area contributed by atoms with Gasteiger partial charge in [0, 0.05) is 27.8 Å². The Morgan fingerprint density at radius 2 is 2.12 bits per heavy atom. The molecule has 3 atom stereocenters. The molecule has 0 aromatic heterocycles. The molecule has 1 N–H and O–H groups in total. The quantitative estimate of drug-likeness (QED) is 0.779. The molecule has 1 rings (SSSR count). The highest BCUT2D eigenvalue weighted by atomic mass is 32.2. The lowest BCUT2D eigenvalue weighted by Crippen LogP contribution is -2.37. The summed E-state index contributed by atoms with van der Waals surface area (Å²) in [5.41, 5.74) is 0. The Hall–Kier alpha value is 0.110. The predicted octanol–water partition coefficient (Wildman–Crippen LogP) is 2.70. The van der Waals surface area contributed by atoms with E-state index in [1.54, 1.807) is 0 Å². The molecule has 16 heavy (non-hydrogen) atoms. The zero-order valence-corrected chi connectivity index (χ0v) is 11.8. The summed E-state index contributed by atoms with van der Waals surface area (Å²) in [7, 11) is -0.591. The van der Waals surface area contributed by atoms with Crippen molar-refractivity contribution in [3.05, 3.63) is 0 Å². The molecule has 96 valence electrons. The van der Waals surface area contributed by atoms with Gasteiger partial charge in [0.1, 0.15) is 0 Å². The first-order chi connectivity index (χ1) is 7.63. The first-order valence-electron chi connectivity index (χ1n) is 6.74. The fourth-order valence-corrected chi connectivity index (χ4v) is 4.29. The molecule has 3 unspecified atom stereocenters. The Morgan fingerprint density at radius 3 is 2.75 bits per heavy atom. The number of hydrogen-bond acceptors (Lipinski definition) is 2. The van der Waals surface area contributed by atoms with Gasteiger partial charge in [0.2, 0.25) is 0 Å². The van der Waals surface area contributed by atoms with E-state index < -0.39 is 10.8 Å². The van der Waals surface area contributed by atoms with Crippen LogP contribution in [-0.2, 0) is 10.8 Å². The van der Waals surface area contributed by atoms with Crippen LogP contribution in [0.1, 0.15) is 52.9 Å². The van der Waals surface area contributed by atoms with Crippen molar-refractivity contribution < 1.29 is 4.21 Å². The van der Waals surface area contributed by atoms with Crippen molar-refractivity contribution in [2.45, 2.75) is 64.2 Å². The molecule has 3 heteroatoms. The number of rotatable bonds is 6. The normalized spacial score (nSPS) is 28.2. The SMILES string of the molecule is CCNC1CCCC(S(=O)CCC(C)C)C1. The zero-order valence-electron chi connectivity index (χ0n) is 11.0. The first kappa shape index (κ1) is 14.2. The Kier molecular flexibility index (Phi) is 6.59. The number of hydrogen-bond donors (Lipinski definition) is 1. The molecule has 1 aliphatic rings. The molecular formula is C13H27NOS. The third-order valence-corrected chi connectivity index (χ3v) is 5.20. The van der Waals surface area contributed by atoms with Gasteiger partial charge in [0.15, 0.2) is 0 Å². The summed E-state index contributed by atoms with van der Waals surface area (Å²) in [5.74, 6) is 1.58. The van der Waals surface area contributed by atoms with Crippen LogP contribution in [0.5, 0.6) is 0 Å². The lowest BCUT2D eigenvalue weighted by atomic mass is 9.95. The summed E-state index contributed by atoms with van der Waals surface area (Å²) in [4.78, 5) is 0. The molecule has 0 aromatic carbocycles.